The number of hydrogen-bond donors (Lipinski definition) is 0. The molecular weight excluding hydrogens is 466 g/mol. The average Bonchev–Trinajstić information content (AvgIpc) is 3.21. The average molecular weight is 496 g/mol. The van der Waals surface area contributed by atoms with E-state index in [0.29, 0.717) is 28.5 Å². The summed E-state index contributed by atoms with van der Waals surface area (Å²) >= 11 is 3.18. The molecule has 0 radical (unpaired) electrons. The maximum Gasteiger partial charge on any atom is 0.260 e. The molecule has 0 fully saturated rings. The Morgan fingerprint density at radius 3 is 2.47 bits per heavy atom. The van der Waals surface area contributed by atoms with Gasteiger partial charge in [0.05, 0.1) is 14.2 Å². The molecular formula is C23H30ClN3O3S2. The first-order chi connectivity index (χ1) is 15.0. The Morgan fingerprint density at radius 1 is 1.09 bits per heavy atom. The van der Waals surface area contributed by atoms with Crippen molar-refractivity contribution in [2.45, 2.75) is 18.2 Å². The molecule has 3 rings (SSSR count). The van der Waals surface area contributed by atoms with Crippen molar-refractivity contribution in [3.05, 3.63) is 42.0 Å². The van der Waals surface area contributed by atoms with E-state index < -0.39 is 0 Å². The van der Waals surface area contributed by atoms with Crippen LogP contribution in [0.1, 0.15) is 23.7 Å². The minimum Gasteiger partial charge on any atom is -0.495 e. The maximum absolute atomic E-state index is 13.6. The van der Waals surface area contributed by atoms with Gasteiger partial charge in [-0.25, -0.2) is 4.98 Å². The van der Waals surface area contributed by atoms with E-state index in [1.165, 1.54) is 11.3 Å². The number of rotatable bonds is 10. The predicted octanol–water partition coefficient (Wildman–Crippen LogP) is 5.45. The van der Waals surface area contributed by atoms with Crippen LogP contribution in [0.15, 0.2) is 41.3 Å². The molecule has 0 saturated carbocycles. The number of carbonyl (C=O) groups excluding carboxylic acids is 1. The number of hydrogen-bond acceptors (Lipinski definition) is 7. The molecule has 0 aliphatic heterocycles. The molecule has 0 N–H and O–H groups in total. The highest BCUT2D eigenvalue weighted by atomic mass is 35.5. The molecule has 0 saturated heterocycles. The van der Waals surface area contributed by atoms with E-state index in [1.54, 1.807) is 30.9 Å². The van der Waals surface area contributed by atoms with Crippen LogP contribution in [-0.4, -0.2) is 62.9 Å². The van der Waals surface area contributed by atoms with E-state index in [4.69, 9.17) is 14.5 Å². The van der Waals surface area contributed by atoms with Crippen molar-refractivity contribution in [1.29, 1.82) is 0 Å². The Hall–Kier alpha value is -2.00. The van der Waals surface area contributed by atoms with E-state index >= 15 is 0 Å². The summed E-state index contributed by atoms with van der Waals surface area (Å²) in [5.41, 5.74) is 1.38. The van der Waals surface area contributed by atoms with Gasteiger partial charge in [0.25, 0.3) is 5.91 Å². The van der Waals surface area contributed by atoms with Crippen LogP contribution in [-0.2, 0) is 0 Å². The number of halogens is 1. The van der Waals surface area contributed by atoms with Crippen molar-refractivity contribution >= 4 is 56.8 Å². The SMILES string of the molecule is CCSc1cccc(C(=O)N(CCCN(C)C)c2nc3c(OC)ccc(OC)c3s2)c1.Cl. The summed E-state index contributed by atoms with van der Waals surface area (Å²) in [5.74, 6) is 2.30. The third-order valence-electron chi connectivity index (χ3n) is 4.75. The van der Waals surface area contributed by atoms with E-state index in [9.17, 15) is 4.79 Å². The van der Waals surface area contributed by atoms with Gasteiger partial charge in [-0.2, -0.15) is 0 Å². The molecule has 2 aromatic carbocycles. The molecule has 1 heterocycles. The Kier molecular flexibility index (Phi) is 10.1. The molecule has 9 heteroatoms. The van der Waals surface area contributed by atoms with E-state index in [1.807, 2.05) is 50.5 Å². The molecule has 32 heavy (non-hydrogen) atoms. The first kappa shape index (κ1) is 26.3. The first-order valence-electron chi connectivity index (χ1n) is 10.2. The van der Waals surface area contributed by atoms with Crippen molar-refractivity contribution in [2.24, 2.45) is 0 Å². The lowest BCUT2D eigenvalue weighted by Crippen LogP contribution is -2.33. The van der Waals surface area contributed by atoms with Gasteiger partial charge in [-0.05, 0) is 63.1 Å². The zero-order valence-corrected chi connectivity index (χ0v) is 21.5. The molecule has 0 unspecified atom stereocenters. The Morgan fingerprint density at radius 2 is 1.81 bits per heavy atom. The second kappa shape index (κ2) is 12.3. The van der Waals surface area contributed by atoms with Crippen molar-refractivity contribution in [1.82, 2.24) is 9.88 Å². The van der Waals surface area contributed by atoms with E-state index in [-0.39, 0.29) is 18.3 Å². The molecule has 0 aliphatic rings. The summed E-state index contributed by atoms with van der Waals surface area (Å²) in [5, 5.41) is 0.648. The van der Waals surface area contributed by atoms with Crippen LogP contribution in [0.25, 0.3) is 10.2 Å². The predicted molar refractivity (Wildman–Crippen MR) is 138 cm³/mol. The molecule has 0 spiro atoms. The number of carbonyl (C=O) groups is 1. The van der Waals surface area contributed by atoms with Crippen molar-refractivity contribution in [2.75, 3.05) is 52.1 Å². The monoisotopic (exact) mass is 495 g/mol. The van der Waals surface area contributed by atoms with Crippen LogP contribution in [0, 0.1) is 0 Å². The van der Waals surface area contributed by atoms with Gasteiger partial charge in [-0.1, -0.05) is 24.3 Å². The molecule has 6 nitrogen and oxygen atoms in total. The van der Waals surface area contributed by atoms with Gasteiger partial charge < -0.3 is 14.4 Å². The Bertz CT molecular complexity index is 1000. The lowest BCUT2D eigenvalue weighted by molar-refractivity contribution is 0.0986. The van der Waals surface area contributed by atoms with Crippen LogP contribution < -0.4 is 14.4 Å². The number of ether oxygens (including phenoxy) is 2. The summed E-state index contributed by atoms with van der Waals surface area (Å²) < 4.78 is 11.9. The summed E-state index contributed by atoms with van der Waals surface area (Å²) in [7, 11) is 7.32. The smallest absolute Gasteiger partial charge is 0.260 e. The van der Waals surface area contributed by atoms with Gasteiger partial charge in [-0.3, -0.25) is 9.69 Å². The summed E-state index contributed by atoms with van der Waals surface area (Å²) in [6.07, 6.45) is 0.840. The van der Waals surface area contributed by atoms with Crippen molar-refractivity contribution in [3.8, 4) is 11.5 Å². The minimum atomic E-state index is -0.0469. The zero-order chi connectivity index (χ0) is 22.4. The van der Waals surface area contributed by atoms with E-state index in [0.717, 1.165) is 34.1 Å². The second-order valence-corrected chi connectivity index (χ2v) is 9.53. The highest BCUT2D eigenvalue weighted by molar-refractivity contribution is 7.99. The van der Waals surface area contributed by atoms with Gasteiger partial charge in [0.15, 0.2) is 5.13 Å². The number of anilines is 1. The third kappa shape index (κ3) is 6.07. The normalized spacial score (nSPS) is 10.8. The zero-order valence-electron chi connectivity index (χ0n) is 19.1. The molecule has 3 aromatic rings. The number of nitrogens with zero attached hydrogens (tertiary/aromatic N) is 3. The van der Waals surface area contributed by atoms with Gasteiger partial charge in [0.1, 0.15) is 21.7 Å². The van der Waals surface area contributed by atoms with Crippen LogP contribution in [0.5, 0.6) is 11.5 Å². The quantitative estimate of drug-likeness (QED) is 0.349. The molecule has 0 atom stereocenters. The van der Waals surface area contributed by atoms with Crippen LogP contribution in [0.2, 0.25) is 0 Å². The lowest BCUT2D eigenvalue weighted by Gasteiger charge is -2.21. The van der Waals surface area contributed by atoms with Gasteiger partial charge in [0.2, 0.25) is 0 Å². The maximum atomic E-state index is 13.6. The van der Waals surface area contributed by atoms with Gasteiger partial charge in [0, 0.05) is 17.0 Å². The molecule has 0 aliphatic carbocycles. The molecule has 1 aromatic heterocycles. The number of aromatic nitrogens is 1. The van der Waals surface area contributed by atoms with Crippen LogP contribution in [0.4, 0.5) is 5.13 Å². The minimum absolute atomic E-state index is 0. The summed E-state index contributed by atoms with van der Waals surface area (Å²) in [6, 6.07) is 11.5. The van der Waals surface area contributed by atoms with Gasteiger partial charge >= 0.3 is 0 Å². The number of thioether (sulfide) groups is 1. The van der Waals surface area contributed by atoms with Crippen molar-refractivity contribution in [3.63, 3.8) is 0 Å². The fraction of sp³-hybridized carbons (Fsp3) is 0.391. The van der Waals surface area contributed by atoms with Gasteiger partial charge in [-0.15, -0.1) is 24.2 Å². The largest absolute Gasteiger partial charge is 0.495 e. The first-order valence-corrected chi connectivity index (χ1v) is 12.0. The topological polar surface area (TPSA) is 54.9 Å². The standard InChI is InChI=1S/C23H29N3O3S2.ClH/c1-6-30-17-10-7-9-16(15-17)22(27)26(14-8-13-25(2)3)23-24-20-18(28-4)11-12-19(29-5)21(20)31-23;/h7,9-12,15H,6,8,13-14H2,1-5H3;1H. The Labute approximate surface area is 204 Å². The van der Waals surface area contributed by atoms with Crippen LogP contribution >= 0.6 is 35.5 Å². The Balaban J connectivity index is 0.00000363. The number of methoxy groups -OCH3 is 2. The lowest BCUT2D eigenvalue weighted by atomic mass is 10.2. The number of thiazole rings is 1. The molecule has 1 amide bonds. The number of amides is 1. The molecule has 174 valence electrons. The van der Waals surface area contributed by atoms with E-state index in [2.05, 4.69) is 11.8 Å². The number of benzene rings is 2. The fourth-order valence-corrected chi connectivity index (χ4v) is 5.08. The highest BCUT2D eigenvalue weighted by Crippen LogP contribution is 2.40. The molecule has 0 bridgehead atoms. The second-order valence-electron chi connectivity index (χ2n) is 7.22. The number of fused-ring (bicyclic) bond motifs is 1. The summed E-state index contributed by atoms with van der Waals surface area (Å²) in [6.45, 7) is 3.56. The fourth-order valence-electron chi connectivity index (χ4n) is 3.26. The highest BCUT2D eigenvalue weighted by Gasteiger charge is 2.23. The third-order valence-corrected chi connectivity index (χ3v) is 6.72. The summed E-state index contributed by atoms with van der Waals surface area (Å²) in [4.78, 5) is 23.4. The van der Waals surface area contributed by atoms with Crippen molar-refractivity contribution < 1.29 is 14.3 Å². The van der Waals surface area contributed by atoms with Crippen LogP contribution in [0.3, 0.4) is 0 Å².